The third kappa shape index (κ3) is 2.33. The summed E-state index contributed by atoms with van der Waals surface area (Å²) in [6.07, 6.45) is 0.478. The predicted molar refractivity (Wildman–Crippen MR) is 68.8 cm³/mol. The minimum Gasteiger partial charge on any atom is -0.388 e. The van der Waals surface area contributed by atoms with Gasteiger partial charge in [-0.15, -0.1) is 0 Å². The second-order valence-electron chi connectivity index (χ2n) is 4.64. The second-order valence-corrected chi connectivity index (χ2v) is 4.64. The molecule has 2 rings (SSSR count). The quantitative estimate of drug-likeness (QED) is 0.837. The van der Waals surface area contributed by atoms with Gasteiger partial charge < -0.3 is 15.4 Å². The first kappa shape index (κ1) is 12.1. The van der Waals surface area contributed by atoms with Gasteiger partial charge in [-0.3, -0.25) is 0 Å². The third-order valence-corrected chi connectivity index (χ3v) is 3.03. The number of benzene rings is 1. The van der Waals surface area contributed by atoms with E-state index in [2.05, 4.69) is 16.5 Å². The molecule has 0 bridgehead atoms. The number of hydrogen-bond donors (Lipinski definition) is 2. The summed E-state index contributed by atoms with van der Waals surface area (Å²) >= 11 is 0. The molecule has 1 unspecified atom stereocenters. The Morgan fingerprint density at radius 1 is 1.41 bits per heavy atom. The molecule has 3 N–H and O–H groups in total. The fourth-order valence-electron chi connectivity index (χ4n) is 2.03. The molecule has 1 atom stereocenters. The summed E-state index contributed by atoms with van der Waals surface area (Å²) in [4.78, 5) is 4.56. The average Bonchev–Trinajstić information content (AvgIpc) is 2.65. The third-order valence-electron chi connectivity index (χ3n) is 3.03. The van der Waals surface area contributed by atoms with Crippen molar-refractivity contribution in [3.05, 3.63) is 30.1 Å². The van der Waals surface area contributed by atoms with Gasteiger partial charge in [0.1, 0.15) is 5.82 Å². The number of fused-ring (bicyclic) bond motifs is 1. The van der Waals surface area contributed by atoms with Crippen LogP contribution in [0.4, 0.5) is 0 Å². The number of nitrogens with two attached hydrogens (primary N) is 1. The number of aryl methyl sites for hydroxylation is 1. The highest BCUT2D eigenvalue weighted by Gasteiger charge is 2.22. The Kier molecular flexibility index (Phi) is 3.17. The van der Waals surface area contributed by atoms with Crippen molar-refractivity contribution in [3.63, 3.8) is 0 Å². The Bertz CT molecular complexity index is 516. The van der Waals surface area contributed by atoms with Gasteiger partial charge in [0.05, 0.1) is 16.6 Å². The van der Waals surface area contributed by atoms with Gasteiger partial charge in [-0.1, -0.05) is 12.1 Å². The van der Waals surface area contributed by atoms with Crippen LogP contribution in [0.15, 0.2) is 24.3 Å². The van der Waals surface area contributed by atoms with Gasteiger partial charge in [0.15, 0.2) is 0 Å². The van der Waals surface area contributed by atoms with E-state index in [9.17, 15) is 5.11 Å². The first-order valence-corrected chi connectivity index (χ1v) is 5.94. The largest absolute Gasteiger partial charge is 0.388 e. The van der Waals surface area contributed by atoms with Crippen molar-refractivity contribution >= 4 is 11.0 Å². The summed E-state index contributed by atoms with van der Waals surface area (Å²) < 4.78 is 2.12. The van der Waals surface area contributed by atoms with Gasteiger partial charge in [-0.25, -0.2) is 4.98 Å². The van der Waals surface area contributed by atoms with Gasteiger partial charge in [0, 0.05) is 19.5 Å². The number of imidazole rings is 1. The van der Waals surface area contributed by atoms with Gasteiger partial charge in [-0.2, -0.15) is 0 Å². The molecule has 0 radical (unpaired) electrons. The van der Waals surface area contributed by atoms with Crippen LogP contribution in [0.25, 0.3) is 11.0 Å². The van der Waals surface area contributed by atoms with Gasteiger partial charge in [0.2, 0.25) is 0 Å². The predicted octanol–water partition coefficient (Wildman–Crippen LogP) is 1.31. The van der Waals surface area contributed by atoms with Crippen LogP contribution < -0.4 is 5.73 Å². The van der Waals surface area contributed by atoms with E-state index in [1.807, 2.05) is 24.3 Å². The molecule has 1 heterocycles. The topological polar surface area (TPSA) is 64.1 Å². The smallest absolute Gasteiger partial charge is 0.112 e. The first-order valence-electron chi connectivity index (χ1n) is 5.94. The van der Waals surface area contributed by atoms with Crippen molar-refractivity contribution in [3.8, 4) is 0 Å². The van der Waals surface area contributed by atoms with E-state index in [0.717, 1.165) is 23.4 Å². The van der Waals surface area contributed by atoms with Crippen LogP contribution in [-0.4, -0.2) is 26.8 Å². The number of hydrogen-bond acceptors (Lipinski definition) is 3. The lowest BCUT2D eigenvalue weighted by atomic mass is 10.0. The van der Waals surface area contributed by atoms with Crippen molar-refractivity contribution in [2.75, 3.05) is 6.54 Å². The number of nitrogens with zero attached hydrogens (tertiary/aromatic N) is 2. The molecule has 0 fully saturated rings. The van der Waals surface area contributed by atoms with Crippen molar-refractivity contribution in [1.82, 2.24) is 9.55 Å². The van der Waals surface area contributed by atoms with E-state index in [1.54, 1.807) is 6.92 Å². The zero-order valence-corrected chi connectivity index (χ0v) is 10.3. The summed E-state index contributed by atoms with van der Waals surface area (Å²) in [6, 6.07) is 8.01. The van der Waals surface area contributed by atoms with E-state index in [1.165, 1.54) is 0 Å². The summed E-state index contributed by atoms with van der Waals surface area (Å²) in [5, 5.41) is 10.0. The molecule has 1 aromatic carbocycles. The minimum absolute atomic E-state index is 0.236. The Morgan fingerprint density at radius 3 is 2.76 bits per heavy atom. The molecule has 0 saturated heterocycles. The van der Waals surface area contributed by atoms with Crippen molar-refractivity contribution in [2.45, 2.75) is 32.4 Å². The zero-order valence-electron chi connectivity index (χ0n) is 10.3. The standard InChI is InChI=1S/C13H19N3O/c1-3-16-11-7-5-4-6-10(11)15-12(16)8-13(2,17)9-14/h4-7,17H,3,8-9,14H2,1-2H3. The highest BCUT2D eigenvalue weighted by molar-refractivity contribution is 5.75. The van der Waals surface area contributed by atoms with Gasteiger partial charge in [-0.05, 0) is 26.0 Å². The monoisotopic (exact) mass is 233 g/mol. The zero-order chi connectivity index (χ0) is 12.5. The lowest BCUT2D eigenvalue weighted by Crippen LogP contribution is -2.37. The van der Waals surface area contributed by atoms with Crippen molar-refractivity contribution in [1.29, 1.82) is 0 Å². The van der Waals surface area contributed by atoms with Crippen LogP contribution in [0.5, 0.6) is 0 Å². The SMILES string of the molecule is CCn1c(CC(C)(O)CN)nc2ccccc21. The first-order chi connectivity index (χ1) is 8.07. The highest BCUT2D eigenvalue weighted by Crippen LogP contribution is 2.19. The molecule has 92 valence electrons. The molecule has 4 heteroatoms. The summed E-state index contributed by atoms with van der Waals surface area (Å²) in [5.41, 5.74) is 6.74. The lowest BCUT2D eigenvalue weighted by molar-refractivity contribution is 0.0668. The summed E-state index contributed by atoms with van der Waals surface area (Å²) in [6.45, 7) is 4.90. The maximum absolute atomic E-state index is 10.0. The van der Waals surface area contributed by atoms with Crippen molar-refractivity contribution < 1.29 is 5.11 Å². The van der Waals surface area contributed by atoms with Gasteiger partial charge >= 0.3 is 0 Å². The van der Waals surface area contributed by atoms with E-state index in [0.29, 0.717) is 6.42 Å². The Balaban J connectivity index is 2.47. The molecular formula is C13H19N3O. The fraction of sp³-hybridized carbons (Fsp3) is 0.462. The highest BCUT2D eigenvalue weighted by atomic mass is 16.3. The Labute approximate surface area is 101 Å². The molecule has 0 spiro atoms. The maximum Gasteiger partial charge on any atom is 0.112 e. The van der Waals surface area contributed by atoms with Crippen LogP contribution in [0.1, 0.15) is 19.7 Å². The number of aliphatic hydroxyl groups is 1. The molecule has 0 aliphatic rings. The summed E-state index contributed by atoms with van der Waals surface area (Å²) in [7, 11) is 0. The molecule has 0 aliphatic carbocycles. The number of para-hydroxylation sites is 2. The molecule has 17 heavy (non-hydrogen) atoms. The molecule has 1 aromatic heterocycles. The van der Waals surface area contributed by atoms with E-state index in [-0.39, 0.29) is 6.54 Å². The van der Waals surface area contributed by atoms with Crippen LogP contribution in [0.2, 0.25) is 0 Å². The number of aromatic nitrogens is 2. The van der Waals surface area contributed by atoms with Crippen LogP contribution >= 0.6 is 0 Å². The molecule has 2 aromatic rings. The average molecular weight is 233 g/mol. The van der Waals surface area contributed by atoms with Crippen LogP contribution in [-0.2, 0) is 13.0 Å². The fourth-order valence-corrected chi connectivity index (χ4v) is 2.03. The molecular weight excluding hydrogens is 214 g/mol. The van der Waals surface area contributed by atoms with Crippen LogP contribution in [0, 0.1) is 0 Å². The molecule has 0 amide bonds. The van der Waals surface area contributed by atoms with E-state index >= 15 is 0 Å². The van der Waals surface area contributed by atoms with E-state index < -0.39 is 5.60 Å². The van der Waals surface area contributed by atoms with Gasteiger partial charge in [0.25, 0.3) is 0 Å². The lowest BCUT2D eigenvalue weighted by Gasteiger charge is -2.20. The number of rotatable bonds is 4. The van der Waals surface area contributed by atoms with Crippen LogP contribution in [0.3, 0.4) is 0 Å². The summed E-state index contributed by atoms with van der Waals surface area (Å²) in [5.74, 6) is 0.893. The Morgan fingerprint density at radius 2 is 2.12 bits per heavy atom. The second kappa shape index (κ2) is 4.47. The Hall–Kier alpha value is -1.39. The molecule has 4 nitrogen and oxygen atoms in total. The van der Waals surface area contributed by atoms with E-state index in [4.69, 9.17) is 5.73 Å². The normalized spacial score (nSPS) is 15.1. The maximum atomic E-state index is 10.0. The minimum atomic E-state index is -0.895. The molecule has 0 aliphatic heterocycles. The van der Waals surface area contributed by atoms with Crippen molar-refractivity contribution in [2.24, 2.45) is 5.73 Å². The molecule has 0 saturated carbocycles.